The van der Waals surface area contributed by atoms with E-state index in [1.54, 1.807) is 4.90 Å². The first-order valence-electron chi connectivity index (χ1n) is 8.64. The summed E-state index contributed by atoms with van der Waals surface area (Å²) >= 11 is 1.48. The molecule has 0 atom stereocenters. The first-order valence-corrected chi connectivity index (χ1v) is 9.52. The van der Waals surface area contributed by atoms with Gasteiger partial charge in [-0.05, 0) is 40.1 Å². The van der Waals surface area contributed by atoms with Gasteiger partial charge in [0, 0.05) is 32.2 Å². The first-order chi connectivity index (χ1) is 13.6. The summed E-state index contributed by atoms with van der Waals surface area (Å²) in [6.07, 6.45) is 0. The minimum atomic E-state index is -0.954. The van der Waals surface area contributed by atoms with E-state index in [1.807, 2.05) is 17.5 Å². The van der Waals surface area contributed by atoms with Gasteiger partial charge in [-0.2, -0.15) is 4.68 Å². The summed E-state index contributed by atoms with van der Waals surface area (Å²) in [5.41, 5.74) is 0.355. The summed E-state index contributed by atoms with van der Waals surface area (Å²) in [6, 6.07) is 7.15. The van der Waals surface area contributed by atoms with Crippen molar-refractivity contribution in [2.45, 2.75) is 6.54 Å². The third-order valence-corrected chi connectivity index (χ3v) is 5.24. The number of hydrogen-bond donors (Lipinski definition) is 1. The van der Waals surface area contributed by atoms with Gasteiger partial charge in [-0.15, -0.1) is 16.4 Å². The summed E-state index contributed by atoms with van der Waals surface area (Å²) < 4.78 is 28.0. The summed E-state index contributed by atoms with van der Waals surface area (Å²) in [6.45, 7) is 2.89. The van der Waals surface area contributed by atoms with Crippen molar-refractivity contribution in [1.82, 2.24) is 30.0 Å². The van der Waals surface area contributed by atoms with Crippen LogP contribution in [0, 0.1) is 11.6 Å². The number of piperazine rings is 1. The number of anilines is 1. The number of thiophene rings is 1. The van der Waals surface area contributed by atoms with E-state index in [9.17, 15) is 13.6 Å². The Morgan fingerprint density at radius 3 is 2.68 bits per heavy atom. The predicted molar refractivity (Wildman–Crippen MR) is 99.3 cm³/mol. The molecule has 1 saturated heterocycles. The number of halogens is 2. The quantitative estimate of drug-likeness (QED) is 0.721. The van der Waals surface area contributed by atoms with Crippen LogP contribution in [-0.4, -0.2) is 62.2 Å². The van der Waals surface area contributed by atoms with E-state index < -0.39 is 11.6 Å². The maximum Gasteiger partial charge on any atom is 0.322 e. The molecule has 0 radical (unpaired) electrons. The molecule has 1 fully saturated rings. The van der Waals surface area contributed by atoms with Crippen LogP contribution >= 0.6 is 11.3 Å². The number of rotatable bonds is 4. The van der Waals surface area contributed by atoms with Crippen LogP contribution in [0.25, 0.3) is 5.69 Å². The van der Waals surface area contributed by atoms with Gasteiger partial charge in [-0.1, -0.05) is 0 Å². The van der Waals surface area contributed by atoms with Gasteiger partial charge in [0.05, 0.1) is 17.2 Å². The van der Waals surface area contributed by atoms with Crippen molar-refractivity contribution in [3.8, 4) is 5.69 Å². The number of nitrogens with zero attached hydrogens (tertiary/aromatic N) is 6. The fourth-order valence-electron chi connectivity index (χ4n) is 2.96. The average Bonchev–Trinajstić information content (AvgIpc) is 3.37. The highest BCUT2D eigenvalue weighted by Crippen LogP contribution is 2.17. The molecule has 1 aliphatic heterocycles. The fourth-order valence-corrected chi connectivity index (χ4v) is 3.57. The summed E-state index contributed by atoms with van der Waals surface area (Å²) in [5, 5.41) is 17.1. The molecular weight excluding hydrogens is 388 g/mol. The SMILES string of the molecule is O=C(Nc1cccs1)N1CCN(Cc2nnnn2-c2ccc(F)c(F)c2)CC1. The zero-order valence-corrected chi connectivity index (χ0v) is 15.6. The van der Waals surface area contributed by atoms with Crippen molar-refractivity contribution in [2.24, 2.45) is 0 Å². The second kappa shape index (κ2) is 7.98. The number of hydrogen-bond acceptors (Lipinski definition) is 6. The number of nitrogens with one attached hydrogen (secondary N) is 1. The van der Waals surface area contributed by atoms with Crippen LogP contribution in [0.1, 0.15) is 5.82 Å². The van der Waals surface area contributed by atoms with Gasteiger partial charge in [-0.25, -0.2) is 13.6 Å². The number of tetrazole rings is 1. The van der Waals surface area contributed by atoms with Gasteiger partial charge in [0.1, 0.15) is 0 Å². The van der Waals surface area contributed by atoms with Crippen LogP contribution in [0.3, 0.4) is 0 Å². The Morgan fingerprint density at radius 1 is 1.14 bits per heavy atom. The molecular formula is C17H17F2N7OS. The number of carbonyl (C=O) groups excluding carboxylic acids is 1. The topological polar surface area (TPSA) is 79.2 Å². The first kappa shape index (κ1) is 18.4. The highest BCUT2D eigenvalue weighted by Gasteiger charge is 2.23. The van der Waals surface area contributed by atoms with Crippen LogP contribution in [0.2, 0.25) is 0 Å². The Bertz CT molecular complexity index is 954. The highest BCUT2D eigenvalue weighted by molar-refractivity contribution is 7.14. The minimum absolute atomic E-state index is 0.117. The molecule has 0 unspecified atom stereocenters. The van der Waals surface area contributed by atoms with E-state index in [2.05, 4.69) is 25.7 Å². The van der Waals surface area contributed by atoms with Gasteiger partial charge >= 0.3 is 6.03 Å². The average molecular weight is 405 g/mol. The van der Waals surface area contributed by atoms with E-state index >= 15 is 0 Å². The second-order valence-corrected chi connectivity index (χ2v) is 7.22. The van der Waals surface area contributed by atoms with E-state index in [0.29, 0.717) is 44.2 Å². The van der Waals surface area contributed by atoms with E-state index in [0.717, 1.165) is 17.1 Å². The Labute approximate surface area is 163 Å². The molecule has 1 aromatic carbocycles. The molecule has 4 rings (SSSR count). The van der Waals surface area contributed by atoms with Crippen molar-refractivity contribution in [2.75, 3.05) is 31.5 Å². The molecule has 3 heterocycles. The largest absolute Gasteiger partial charge is 0.322 e. The number of carbonyl (C=O) groups is 1. The molecule has 0 saturated carbocycles. The maximum absolute atomic E-state index is 13.5. The Morgan fingerprint density at radius 2 is 1.96 bits per heavy atom. The van der Waals surface area contributed by atoms with Crippen molar-refractivity contribution in [1.29, 1.82) is 0 Å². The lowest BCUT2D eigenvalue weighted by Crippen LogP contribution is -2.49. The lowest BCUT2D eigenvalue weighted by molar-refractivity contribution is 0.140. The predicted octanol–water partition coefficient (Wildman–Crippen LogP) is 2.35. The Hall–Kier alpha value is -2.92. The third-order valence-electron chi connectivity index (χ3n) is 4.46. The molecule has 2 aromatic heterocycles. The van der Waals surface area contributed by atoms with Gasteiger partial charge in [0.25, 0.3) is 0 Å². The van der Waals surface area contributed by atoms with Crippen LogP contribution in [0.4, 0.5) is 18.6 Å². The van der Waals surface area contributed by atoms with Gasteiger partial charge in [-0.3, -0.25) is 10.2 Å². The Balaban J connectivity index is 1.36. The lowest BCUT2D eigenvalue weighted by atomic mass is 10.3. The summed E-state index contributed by atoms with van der Waals surface area (Å²) in [4.78, 5) is 16.2. The molecule has 28 heavy (non-hydrogen) atoms. The second-order valence-electron chi connectivity index (χ2n) is 6.28. The smallest absolute Gasteiger partial charge is 0.322 e. The van der Waals surface area contributed by atoms with E-state index in [-0.39, 0.29) is 6.03 Å². The zero-order chi connectivity index (χ0) is 19.5. The molecule has 3 aromatic rings. The van der Waals surface area contributed by atoms with E-state index in [4.69, 9.17) is 0 Å². The van der Waals surface area contributed by atoms with Gasteiger partial charge in [0.15, 0.2) is 17.5 Å². The molecule has 2 amide bonds. The normalized spacial score (nSPS) is 15.0. The van der Waals surface area contributed by atoms with Crippen LogP contribution in [0.5, 0.6) is 0 Å². The minimum Gasteiger partial charge on any atom is -0.322 e. The monoisotopic (exact) mass is 405 g/mol. The van der Waals surface area contributed by atoms with Gasteiger partial charge in [0.2, 0.25) is 0 Å². The molecule has 1 aliphatic rings. The van der Waals surface area contributed by atoms with Crippen molar-refractivity contribution < 1.29 is 13.6 Å². The van der Waals surface area contributed by atoms with Crippen molar-refractivity contribution in [3.63, 3.8) is 0 Å². The fraction of sp³-hybridized carbons (Fsp3) is 0.294. The third kappa shape index (κ3) is 3.99. The van der Waals surface area contributed by atoms with Crippen LogP contribution in [-0.2, 0) is 6.54 Å². The lowest BCUT2D eigenvalue weighted by Gasteiger charge is -2.34. The molecule has 11 heteroatoms. The Kier molecular flexibility index (Phi) is 5.26. The number of amides is 2. The summed E-state index contributed by atoms with van der Waals surface area (Å²) in [5.74, 6) is -1.36. The molecule has 0 bridgehead atoms. The maximum atomic E-state index is 13.5. The number of aromatic nitrogens is 4. The van der Waals surface area contributed by atoms with Crippen LogP contribution in [0.15, 0.2) is 35.7 Å². The van der Waals surface area contributed by atoms with Crippen LogP contribution < -0.4 is 5.32 Å². The van der Waals surface area contributed by atoms with Crippen molar-refractivity contribution in [3.05, 3.63) is 53.2 Å². The number of benzene rings is 1. The zero-order valence-electron chi connectivity index (χ0n) is 14.8. The number of urea groups is 1. The van der Waals surface area contributed by atoms with Crippen molar-refractivity contribution >= 4 is 22.4 Å². The standard InChI is InChI=1S/C17H17F2N7OS/c18-13-4-3-12(10-14(13)19)26-15(21-22-23-26)11-24-5-7-25(8-6-24)17(27)20-16-2-1-9-28-16/h1-4,9-10H,5-8,11H2,(H,20,27). The molecule has 0 aliphatic carbocycles. The highest BCUT2D eigenvalue weighted by atomic mass is 32.1. The molecule has 1 N–H and O–H groups in total. The van der Waals surface area contributed by atoms with Gasteiger partial charge < -0.3 is 4.90 Å². The van der Waals surface area contributed by atoms with E-state index in [1.165, 1.54) is 22.1 Å². The summed E-state index contributed by atoms with van der Waals surface area (Å²) in [7, 11) is 0. The molecule has 146 valence electrons. The molecule has 0 spiro atoms. The molecule has 8 nitrogen and oxygen atoms in total.